The van der Waals surface area contributed by atoms with Crippen LogP contribution in [0.15, 0.2) is 18.2 Å². The number of ether oxygens (including phenoxy) is 1. The predicted octanol–water partition coefficient (Wildman–Crippen LogP) is 2.49. The van der Waals surface area contributed by atoms with Crippen molar-refractivity contribution >= 4 is 28.4 Å². The lowest BCUT2D eigenvalue weighted by Crippen LogP contribution is -2.13. The summed E-state index contributed by atoms with van der Waals surface area (Å²) < 4.78 is 5.12. The van der Waals surface area contributed by atoms with Crippen molar-refractivity contribution in [3.63, 3.8) is 0 Å². The third-order valence-corrected chi connectivity index (χ3v) is 2.37. The third kappa shape index (κ3) is 4.44. The molecule has 1 N–H and O–H groups in total. The number of carbonyl (C=O) groups excluding carboxylic acids is 2. The molecule has 1 amide bonds. The Hall–Kier alpha value is -1.55. The zero-order valence-electron chi connectivity index (χ0n) is 9.75. The van der Waals surface area contributed by atoms with Crippen LogP contribution in [-0.4, -0.2) is 18.3 Å². The molecule has 0 saturated carbocycles. The summed E-state index contributed by atoms with van der Waals surface area (Å²) in [6, 6.07) is 5.47. The first-order chi connectivity index (χ1) is 8.02. The van der Waals surface area contributed by atoms with E-state index < -0.39 is 5.24 Å². The summed E-state index contributed by atoms with van der Waals surface area (Å²) in [5, 5.41) is 2.17. The monoisotopic (exact) mass is 255 g/mol. The minimum Gasteiger partial charge on any atom is -0.495 e. The Morgan fingerprint density at radius 2 is 2.06 bits per heavy atom. The summed E-state index contributed by atoms with van der Waals surface area (Å²) >= 11 is 5.17. The lowest BCUT2D eigenvalue weighted by atomic mass is 10.2. The number of rotatable bonds is 5. The van der Waals surface area contributed by atoms with Crippen molar-refractivity contribution in [3.05, 3.63) is 23.8 Å². The summed E-state index contributed by atoms with van der Waals surface area (Å²) in [7, 11) is 1.53. The maximum atomic E-state index is 11.5. The highest BCUT2D eigenvalue weighted by atomic mass is 35.5. The molecule has 0 aliphatic carbocycles. The molecule has 0 aliphatic rings. The fourth-order valence-electron chi connectivity index (χ4n) is 1.34. The van der Waals surface area contributed by atoms with E-state index in [4.69, 9.17) is 16.3 Å². The smallest absolute Gasteiger partial charge is 0.224 e. The molecule has 0 unspecified atom stereocenters. The second kappa shape index (κ2) is 6.25. The summed E-state index contributed by atoms with van der Waals surface area (Å²) in [6.07, 6.45) is 0.0982. The summed E-state index contributed by atoms with van der Waals surface area (Å²) in [4.78, 5) is 22.1. The average molecular weight is 256 g/mol. The van der Waals surface area contributed by atoms with Crippen LogP contribution in [0, 0.1) is 6.92 Å². The molecule has 0 radical (unpaired) electrons. The topological polar surface area (TPSA) is 55.4 Å². The molecule has 0 fully saturated rings. The highest BCUT2D eigenvalue weighted by molar-refractivity contribution is 6.63. The molecule has 4 nitrogen and oxygen atoms in total. The van der Waals surface area contributed by atoms with Crippen molar-refractivity contribution in [3.8, 4) is 5.75 Å². The van der Waals surface area contributed by atoms with Gasteiger partial charge in [0.25, 0.3) is 0 Å². The number of benzene rings is 1. The number of nitrogens with one attached hydrogen (secondary N) is 1. The van der Waals surface area contributed by atoms with Crippen LogP contribution >= 0.6 is 11.6 Å². The van der Waals surface area contributed by atoms with Crippen LogP contribution in [0.5, 0.6) is 5.75 Å². The molecule has 5 heteroatoms. The first kappa shape index (κ1) is 13.5. The van der Waals surface area contributed by atoms with Gasteiger partial charge in [0.15, 0.2) is 0 Å². The lowest BCUT2D eigenvalue weighted by Gasteiger charge is -2.10. The maximum Gasteiger partial charge on any atom is 0.224 e. The summed E-state index contributed by atoms with van der Waals surface area (Å²) in [5.74, 6) is 0.323. The van der Waals surface area contributed by atoms with Gasteiger partial charge in [0.1, 0.15) is 5.75 Å². The minimum absolute atomic E-state index is 0.0293. The van der Waals surface area contributed by atoms with E-state index in [1.54, 1.807) is 12.1 Å². The standard InChI is InChI=1S/C12H14ClNO3/c1-8-3-4-10(17-2)9(7-8)14-12(16)6-5-11(13)15/h3-4,7H,5-6H2,1-2H3,(H,14,16). The van der Waals surface area contributed by atoms with Crippen LogP contribution in [0.2, 0.25) is 0 Å². The predicted molar refractivity (Wildman–Crippen MR) is 66.5 cm³/mol. The van der Waals surface area contributed by atoms with Gasteiger partial charge >= 0.3 is 0 Å². The van der Waals surface area contributed by atoms with E-state index in [0.29, 0.717) is 11.4 Å². The fourth-order valence-corrected chi connectivity index (χ4v) is 1.44. The van der Waals surface area contributed by atoms with Crippen LogP contribution in [-0.2, 0) is 9.59 Å². The average Bonchev–Trinajstić information content (AvgIpc) is 2.27. The molecule has 17 heavy (non-hydrogen) atoms. The van der Waals surface area contributed by atoms with E-state index in [-0.39, 0.29) is 18.7 Å². The SMILES string of the molecule is COc1ccc(C)cc1NC(=O)CCC(=O)Cl. The van der Waals surface area contributed by atoms with E-state index in [9.17, 15) is 9.59 Å². The Labute approximate surface area is 105 Å². The Morgan fingerprint density at radius 1 is 1.35 bits per heavy atom. The first-order valence-electron chi connectivity index (χ1n) is 5.15. The van der Waals surface area contributed by atoms with Gasteiger partial charge in [-0.15, -0.1) is 0 Å². The number of hydrogen-bond acceptors (Lipinski definition) is 3. The molecule has 1 rings (SSSR count). The van der Waals surface area contributed by atoms with Crippen molar-refractivity contribution in [2.24, 2.45) is 0 Å². The van der Waals surface area contributed by atoms with E-state index in [2.05, 4.69) is 5.32 Å². The Bertz CT molecular complexity index is 432. The normalized spacial score (nSPS) is 9.82. The number of hydrogen-bond donors (Lipinski definition) is 1. The van der Waals surface area contributed by atoms with Gasteiger partial charge in [-0.1, -0.05) is 6.07 Å². The molecular weight excluding hydrogens is 242 g/mol. The Kier molecular flexibility index (Phi) is 4.97. The quantitative estimate of drug-likeness (QED) is 0.823. The van der Waals surface area contributed by atoms with Crippen molar-refractivity contribution in [2.45, 2.75) is 19.8 Å². The van der Waals surface area contributed by atoms with Crippen LogP contribution < -0.4 is 10.1 Å². The highest BCUT2D eigenvalue weighted by Gasteiger charge is 2.09. The van der Waals surface area contributed by atoms with E-state index >= 15 is 0 Å². The fraction of sp³-hybridized carbons (Fsp3) is 0.333. The molecule has 92 valence electrons. The Balaban J connectivity index is 2.69. The van der Waals surface area contributed by atoms with E-state index in [1.165, 1.54) is 7.11 Å². The van der Waals surface area contributed by atoms with Crippen molar-refractivity contribution < 1.29 is 14.3 Å². The van der Waals surface area contributed by atoms with Gasteiger partial charge in [-0.25, -0.2) is 0 Å². The van der Waals surface area contributed by atoms with Gasteiger partial charge in [0, 0.05) is 12.8 Å². The molecule has 0 aromatic heterocycles. The second-order valence-electron chi connectivity index (χ2n) is 3.61. The molecule has 0 saturated heterocycles. The van der Waals surface area contributed by atoms with Crippen LogP contribution in [0.3, 0.4) is 0 Å². The van der Waals surface area contributed by atoms with Crippen LogP contribution in [0.4, 0.5) is 5.69 Å². The molecule has 0 heterocycles. The largest absolute Gasteiger partial charge is 0.495 e. The molecule has 1 aromatic rings. The summed E-state index contributed by atoms with van der Waals surface area (Å²) in [6.45, 7) is 1.91. The highest BCUT2D eigenvalue weighted by Crippen LogP contribution is 2.25. The molecule has 0 atom stereocenters. The van der Waals surface area contributed by atoms with Crippen LogP contribution in [0.25, 0.3) is 0 Å². The summed E-state index contributed by atoms with van der Waals surface area (Å²) in [5.41, 5.74) is 1.61. The first-order valence-corrected chi connectivity index (χ1v) is 5.53. The van der Waals surface area contributed by atoms with Gasteiger partial charge in [-0.05, 0) is 36.2 Å². The number of anilines is 1. The maximum absolute atomic E-state index is 11.5. The Morgan fingerprint density at radius 3 is 2.65 bits per heavy atom. The lowest BCUT2D eigenvalue weighted by molar-refractivity contribution is -0.119. The van der Waals surface area contributed by atoms with Crippen molar-refractivity contribution in [1.82, 2.24) is 0 Å². The molecule has 0 spiro atoms. The minimum atomic E-state index is -0.517. The second-order valence-corrected chi connectivity index (χ2v) is 4.03. The van der Waals surface area contributed by atoms with E-state index in [0.717, 1.165) is 5.56 Å². The number of aryl methyl sites for hydroxylation is 1. The zero-order chi connectivity index (χ0) is 12.8. The zero-order valence-corrected chi connectivity index (χ0v) is 10.5. The van der Waals surface area contributed by atoms with Gasteiger partial charge in [0.05, 0.1) is 12.8 Å². The number of methoxy groups -OCH3 is 1. The molecule has 1 aromatic carbocycles. The van der Waals surface area contributed by atoms with E-state index in [1.807, 2.05) is 13.0 Å². The number of amides is 1. The molecule has 0 bridgehead atoms. The van der Waals surface area contributed by atoms with Gasteiger partial charge in [0.2, 0.25) is 11.1 Å². The molecule has 0 aliphatic heterocycles. The van der Waals surface area contributed by atoms with Gasteiger partial charge in [-0.3, -0.25) is 9.59 Å². The number of halogens is 1. The third-order valence-electron chi connectivity index (χ3n) is 2.18. The van der Waals surface area contributed by atoms with Crippen LogP contribution in [0.1, 0.15) is 18.4 Å². The van der Waals surface area contributed by atoms with Crippen molar-refractivity contribution in [2.75, 3.05) is 12.4 Å². The molecular formula is C12H14ClNO3. The number of carbonyl (C=O) groups is 2. The van der Waals surface area contributed by atoms with Gasteiger partial charge < -0.3 is 10.1 Å². The van der Waals surface area contributed by atoms with Gasteiger partial charge in [-0.2, -0.15) is 0 Å². The van der Waals surface area contributed by atoms with Crippen molar-refractivity contribution in [1.29, 1.82) is 0 Å².